The molecule has 0 spiro atoms. The summed E-state index contributed by atoms with van der Waals surface area (Å²) in [5.41, 5.74) is -0.219. The van der Waals surface area contributed by atoms with E-state index in [-0.39, 0.29) is 12.6 Å². The van der Waals surface area contributed by atoms with Gasteiger partial charge in [-0.25, -0.2) is 0 Å². The molecule has 0 radical (unpaired) electrons. The number of hydrogen-bond donors (Lipinski definition) is 1. The average Bonchev–Trinajstić information content (AvgIpc) is 2.37. The van der Waals surface area contributed by atoms with E-state index in [1.807, 2.05) is 0 Å². The van der Waals surface area contributed by atoms with E-state index >= 15 is 0 Å². The molecule has 0 bridgehead atoms. The molecule has 1 atom stereocenters. The molecule has 0 fully saturated rings. The van der Waals surface area contributed by atoms with Crippen LogP contribution >= 0.6 is 0 Å². The van der Waals surface area contributed by atoms with Crippen molar-refractivity contribution in [2.75, 3.05) is 0 Å². The molecule has 98 valence electrons. The quantitative estimate of drug-likeness (QED) is 0.808. The van der Waals surface area contributed by atoms with Crippen LogP contribution in [0, 0.1) is 0 Å². The van der Waals surface area contributed by atoms with Gasteiger partial charge in [0.1, 0.15) is 0 Å². The molecule has 0 saturated carbocycles. The minimum atomic E-state index is -4.27. The molecule has 1 aromatic carbocycles. The summed E-state index contributed by atoms with van der Waals surface area (Å²) in [5, 5.41) is 3.20. The van der Waals surface area contributed by atoms with Crippen molar-refractivity contribution in [3.8, 4) is 0 Å². The SMILES string of the molecule is FC(F)(F)c1ccccc1CNC1CC=CCC1. The summed E-state index contributed by atoms with van der Waals surface area (Å²) in [5.74, 6) is 0. The molecule has 18 heavy (non-hydrogen) atoms. The van der Waals surface area contributed by atoms with Gasteiger partial charge in [0.15, 0.2) is 0 Å². The standard InChI is InChI=1S/C14H16F3N/c15-14(16,17)13-9-5-4-6-11(13)10-18-12-7-2-1-3-8-12/h1-2,4-6,9,12,18H,3,7-8,10H2. The summed E-state index contributed by atoms with van der Waals surface area (Å²) in [6, 6.07) is 6.03. The summed E-state index contributed by atoms with van der Waals surface area (Å²) in [4.78, 5) is 0. The van der Waals surface area contributed by atoms with Gasteiger partial charge in [0.05, 0.1) is 5.56 Å². The molecule has 0 saturated heterocycles. The zero-order valence-corrected chi connectivity index (χ0v) is 10.0. The zero-order chi connectivity index (χ0) is 13.0. The Morgan fingerprint density at radius 1 is 1.17 bits per heavy atom. The fraction of sp³-hybridized carbons (Fsp3) is 0.429. The molecule has 0 aromatic heterocycles. The molecular weight excluding hydrogens is 239 g/mol. The molecule has 4 heteroatoms. The number of benzene rings is 1. The highest BCUT2D eigenvalue weighted by Crippen LogP contribution is 2.31. The van der Waals surface area contributed by atoms with Crippen molar-refractivity contribution < 1.29 is 13.2 Å². The Labute approximate surface area is 105 Å². The number of nitrogens with one attached hydrogen (secondary N) is 1. The summed E-state index contributed by atoms with van der Waals surface area (Å²) >= 11 is 0. The highest BCUT2D eigenvalue weighted by atomic mass is 19.4. The Morgan fingerprint density at radius 2 is 1.94 bits per heavy atom. The predicted octanol–water partition coefficient (Wildman–Crippen LogP) is 3.90. The lowest BCUT2D eigenvalue weighted by atomic mass is 10.0. The normalized spacial score (nSPS) is 20.1. The Bertz CT molecular complexity index is 423. The van der Waals surface area contributed by atoms with Gasteiger partial charge in [-0.3, -0.25) is 0 Å². The van der Waals surface area contributed by atoms with E-state index in [0.29, 0.717) is 5.56 Å². The van der Waals surface area contributed by atoms with E-state index in [9.17, 15) is 13.2 Å². The van der Waals surface area contributed by atoms with Gasteiger partial charge >= 0.3 is 6.18 Å². The first kappa shape index (κ1) is 13.1. The molecule has 1 aliphatic carbocycles. The summed E-state index contributed by atoms with van der Waals surface area (Å²) in [7, 11) is 0. The monoisotopic (exact) mass is 255 g/mol. The third kappa shape index (κ3) is 3.35. The maximum Gasteiger partial charge on any atom is 0.416 e. The second-order valence-electron chi connectivity index (χ2n) is 4.52. The van der Waals surface area contributed by atoms with Crippen LogP contribution in [0.1, 0.15) is 30.4 Å². The molecule has 0 amide bonds. The van der Waals surface area contributed by atoms with Crippen LogP contribution < -0.4 is 5.32 Å². The molecular formula is C14H16F3N. The first-order valence-electron chi connectivity index (χ1n) is 6.11. The van der Waals surface area contributed by atoms with E-state index in [0.717, 1.165) is 25.3 Å². The molecule has 0 aliphatic heterocycles. The summed E-state index contributed by atoms with van der Waals surface area (Å²) in [6.45, 7) is 0.272. The van der Waals surface area contributed by atoms with Crippen molar-refractivity contribution >= 4 is 0 Å². The third-order valence-electron chi connectivity index (χ3n) is 3.17. The van der Waals surface area contributed by atoms with Crippen LogP contribution in [-0.2, 0) is 12.7 Å². The molecule has 1 aromatic rings. The minimum absolute atomic E-state index is 0.272. The van der Waals surface area contributed by atoms with Gasteiger partial charge in [-0.1, -0.05) is 30.4 Å². The zero-order valence-electron chi connectivity index (χ0n) is 10.0. The van der Waals surface area contributed by atoms with Gasteiger partial charge in [0.2, 0.25) is 0 Å². The van der Waals surface area contributed by atoms with Gasteiger partial charge in [0, 0.05) is 12.6 Å². The van der Waals surface area contributed by atoms with Gasteiger partial charge < -0.3 is 5.32 Å². The number of rotatable bonds is 3. The summed E-state index contributed by atoms with van der Waals surface area (Å²) in [6.07, 6.45) is 2.81. The topological polar surface area (TPSA) is 12.0 Å². The van der Waals surface area contributed by atoms with Crippen LogP contribution in [0.4, 0.5) is 13.2 Å². The Balaban J connectivity index is 2.03. The van der Waals surface area contributed by atoms with Crippen molar-refractivity contribution in [1.82, 2.24) is 5.32 Å². The van der Waals surface area contributed by atoms with Crippen LogP contribution in [0.15, 0.2) is 36.4 Å². The van der Waals surface area contributed by atoms with Crippen molar-refractivity contribution in [2.24, 2.45) is 0 Å². The maximum absolute atomic E-state index is 12.8. The van der Waals surface area contributed by atoms with E-state index < -0.39 is 11.7 Å². The van der Waals surface area contributed by atoms with Gasteiger partial charge in [0.25, 0.3) is 0 Å². The van der Waals surface area contributed by atoms with Crippen LogP contribution in [-0.4, -0.2) is 6.04 Å². The number of allylic oxidation sites excluding steroid dienone is 1. The van der Waals surface area contributed by atoms with Crippen LogP contribution in [0.25, 0.3) is 0 Å². The van der Waals surface area contributed by atoms with Crippen LogP contribution in [0.2, 0.25) is 0 Å². The Hall–Kier alpha value is -1.29. The Morgan fingerprint density at radius 3 is 2.61 bits per heavy atom. The Kier molecular flexibility index (Phi) is 4.07. The molecule has 1 nitrogen and oxygen atoms in total. The number of hydrogen-bond acceptors (Lipinski definition) is 1. The van der Waals surface area contributed by atoms with Crippen LogP contribution in [0.3, 0.4) is 0 Å². The summed E-state index contributed by atoms with van der Waals surface area (Å²) < 4.78 is 38.3. The molecule has 1 N–H and O–H groups in total. The number of halogens is 3. The lowest BCUT2D eigenvalue weighted by Crippen LogP contribution is -2.30. The first-order chi connectivity index (χ1) is 8.57. The lowest BCUT2D eigenvalue weighted by molar-refractivity contribution is -0.138. The maximum atomic E-state index is 12.8. The van der Waals surface area contributed by atoms with Gasteiger partial charge in [-0.05, 0) is 30.9 Å². The highest BCUT2D eigenvalue weighted by Gasteiger charge is 2.32. The van der Waals surface area contributed by atoms with Crippen LogP contribution in [0.5, 0.6) is 0 Å². The molecule has 0 heterocycles. The highest BCUT2D eigenvalue weighted by molar-refractivity contribution is 5.29. The van der Waals surface area contributed by atoms with E-state index in [4.69, 9.17) is 0 Å². The predicted molar refractivity (Wildman–Crippen MR) is 65.1 cm³/mol. The lowest BCUT2D eigenvalue weighted by Gasteiger charge is -2.20. The van der Waals surface area contributed by atoms with Crippen molar-refractivity contribution in [3.63, 3.8) is 0 Å². The first-order valence-corrected chi connectivity index (χ1v) is 6.11. The number of alkyl halides is 3. The largest absolute Gasteiger partial charge is 0.416 e. The second-order valence-corrected chi connectivity index (χ2v) is 4.52. The molecule has 1 aliphatic rings. The van der Waals surface area contributed by atoms with Crippen molar-refractivity contribution in [1.29, 1.82) is 0 Å². The molecule has 1 unspecified atom stereocenters. The van der Waals surface area contributed by atoms with E-state index in [1.165, 1.54) is 12.1 Å². The van der Waals surface area contributed by atoms with Crippen molar-refractivity contribution in [3.05, 3.63) is 47.5 Å². The van der Waals surface area contributed by atoms with Gasteiger partial charge in [-0.2, -0.15) is 13.2 Å². The van der Waals surface area contributed by atoms with Crippen molar-refractivity contribution in [2.45, 2.75) is 38.0 Å². The second kappa shape index (κ2) is 5.57. The van der Waals surface area contributed by atoms with E-state index in [2.05, 4.69) is 17.5 Å². The van der Waals surface area contributed by atoms with Gasteiger partial charge in [-0.15, -0.1) is 0 Å². The fourth-order valence-corrected chi connectivity index (χ4v) is 2.18. The minimum Gasteiger partial charge on any atom is -0.310 e. The fourth-order valence-electron chi connectivity index (χ4n) is 2.18. The smallest absolute Gasteiger partial charge is 0.310 e. The molecule has 2 rings (SSSR count). The average molecular weight is 255 g/mol. The third-order valence-corrected chi connectivity index (χ3v) is 3.17. The van der Waals surface area contributed by atoms with E-state index in [1.54, 1.807) is 6.07 Å².